The number of rotatable bonds is 8. The fourth-order valence-corrected chi connectivity index (χ4v) is 3.32. The number of alkyl carbamates (subject to hydrolysis) is 1. The van der Waals surface area contributed by atoms with Crippen LogP contribution in [0.15, 0.2) is 27.8 Å². The van der Waals surface area contributed by atoms with Crippen LogP contribution in [0, 0.1) is 19.8 Å². The quantitative estimate of drug-likeness (QED) is 0.546. The Bertz CT molecular complexity index is 905. The van der Waals surface area contributed by atoms with Gasteiger partial charge in [-0.1, -0.05) is 37.7 Å². The highest BCUT2D eigenvalue weighted by Crippen LogP contribution is 2.25. The number of benzene rings is 1. The molecule has 1 aromatic heterocycles. The van der Waals surface area contributed by atoms with E-state index >= 15 is 0 Å². The van der Waals surface area contributed by atoms with Crippen LogP contribution in [0.1, 0.15) is 64.1 Å². The van der Waals surface area contributed by atoms with Gasteiger partial charge in [-0.2, -0.15) is 0 Å². The summed E-state index contributed by atoms with van der Waals surface area (Å²) in [6, 6.07) is 5.43. The molecule has 2 N–H and O–H groups in total. The van der Waals surface area contributed by atoms with E-state index in [0.29, 0.717) is 6.42 Å². The molecule has 0 fully saturated rings. The molecule has 1 aromatic carbocycles. The van der Waals surface area contributed by atoms with E-state index in [9.17, 15) is 9.59 Å². The molecule has 2 aromatic rings. The van der Waals surface area contributed by atoms with E-state index in [0.717, 1.165) is 28.6 Å². The van der Waals surface area contributed by atoms with Crippen molar-refractivity contribution in [1.29, 1.82) is 0 Å². The van der Waals surface area contributed by atoms with Gasteiger partial charge in [0.05, 0.1) is 5.75 Å². The summed E-state index contributed by atoms with van der Waals surface area (Å²) in [5, 5.41) is 14.0. The fraction of sp³-hybridized carbons (Fsp3) is 0.545. The van der Waals surface area contributed by atoms with Gasteiger partial charge < -0.3 is 19.8 Å². The topological polar surface area (TPSA) is 106 Å². The van der Waals surface area contributed by atoms with Crippen molar-refractivity contribution in [2.75, 3.05) is 11.1 Å². The zero-order valence-corrected chi connectivity index (χ0v) is 20.1. The van der Waals surface area contributed by atoms with E-state index < -0.39 is 17.7 Å². The number of hydrogen-bond donors (Lipinski definition) is 2. The van der Waals surface area contributed by atoms with Crippen molar-refractivity contribution in [1.82, 2.24) is 15.5 Å². The summed E-state index contributed by atoms with van der Waals surface area (Å²) >= 11 is 1.15. The van der Waals surface area contributed by atoms with Gasteiger partial charge in [0.25, 0.3) is 5.22 Å². The third-order valence-electron chi connectivity index (χ3n) is 4.11. The molecule has 8 nitrogen and oxygen atoms in total. The summed E-state index contributed by atoms with van der Waals surface area (Å²) in [7, 11) is 0. The third kappa shape index (κ3) is 8.61. The number of amides is 2. The number of aryl methyl sites for hydroxylation is 2. The highest BCUT2D eigenvalue weighted by atomic mass is 32.2. The molecule has 1 atom stereocenters. The number of carbonyl (C=O) groups excluding carboxylic acids is 2. The molecule has 9 heteroatoms. The Hall–Kier alpha value is -2.55. The molecule has 2 amide bonds. The first-order valence-corrected chi connectivity index (χ1v) is 11.2. The summed E-state index contributed by atoms with van der Waals surface area (Å²) in [6.45, 7) is 13.4. The molecule has 0 spiro atoms. The zero-order chi connectivity index (χ0) is 23.2. The highest BCUT2D eigenvalue weighted by molar-refractivity contribution is 7.99. The van der Waals surface area contributed by atoms with E-state index in [2.05, 4.69) is 20.8 Å². The number of hydrogen-bond acceptors (Lipinski definition) is 7. The van der Waals surface area contributed by atoms with Crippen LogP contribution in [0.5, 0.6) is 0 Å². The van der Waals surface area contributed by atoms with Crippen molar-refractivity contribution in [2.24, 2.45) is 5.92 Å². The van der Waals surface area contributed by atoms with E-state index in [1.165, 1.54) is 0 Å². The standard InChI is InChI=1S/C22H32N4O4S/c1-13(2)10-17(24-20(28)30-22(5,6)7)19-25-26-21(29-19)31-12-18(27)23-16-11-14(3)8-9-15(16)4/h8-9,11,13,17H,10,12H2,1-7H3,(H,23,27)(H,24,28)/t17-/m0/s1. The average Bonchev–Trinajstić information content (AvgIpc) is 3.09. The van der Waals surface area contributed by atoms with Crippen molar-refractivity contribution in [3.63, 3.8) is 0 Å². The van der Waals surface area contributed by atoms with Gasteiger partial charge in [0.1, 0.15) is 11.6 Å². The molecular weight excluding hydrogens is 416 g/mol. The largest absolute Gasteiger partial charge is 0.444 e. The second-order valence-corrected chi connectivity index (χ2v) is 9.82. The summed E-state index contributed by atoms with van der Waals surface area (Å²) in [4.78, 5) is 24.5. The maximum atomic E-state index is 12.3. The molecule has 0 aliphatic carbocycles. The number of carbonyl (C=O) groups is 2. The number of aromatic nitrogens is 2. The third-order valence-corrected chi connectivity index (χ3v) is 4.93. The molecule has 0 saturated carbocycles. The van der Waals surface area contributed by atoms with Crippen molar-refractivity contribution >= 4 is 29.4 Å². The minimum absolute atomic E-state index is 0.128. The number of thioether (sulfide) groups is 1. The van der Waals surface area contributed by atoms with Crippen molar-refractivity contribution in [3.8, 4) is 0 Å². The molecular formula is C22H32N4O4S. The number of nitrogens with one attached hydrogen (secondary N) is 2. The first kappa shape index (κ1) is 24.7. The van der Waals surface area contributed by atoms with Gasteiger partial charge in [0, 0.05) is 5.69 Å². The smallest absolute Gasteiger partial charge is 0.408 e. The second-order valence-electron chi connectivity index (χ2n) is 8.89. The zero-order valence-electron chi connectivity index (χ0n) is 19.2. The SMILES string of the molecule is Cc1ccc(C)c(NC(=O)CSc2nnc([C@H](CC(C)C)NC(=O)OC(C)(C)C)o2)c1. The van der Waals surface area contributed by atoms with Gasteiger partial charge in [-0.25, -0.2) is 4.79 Å². The molecule has 0 aliphatic rings. The van der Waals surface area contributed by atoms with E-state index in [-0.39, 0.29) is 28.7 Å². The minimum atomic E-state index is -0.606. The molecule has 170 valence electrons. The monoisotopic (exact) mass is 448 g/mol. The summed E-state index contributed by atoms with van der Waals surface area (Å²) < 4.78 is 11.0. The van der Waals surface area contributed by atoms with Crippen LogP contribution in [-0.4, -0.2) is 33.6 Å². The lowest BCUT2D eigenvalue weighted by Gasteiger charge is -2.22. The Kier molecular flexibility index (Phi) is 8.50. The van der Waals surface area contributed by atoms with Crippen LogP contribution in [0.4, 0.5) is 10.5 Å². The maximum Gasteiger partial charge on any atom is 0.408 e. The van der Waals surface area contributed by atoms with Crippen LogP contribution in [0.3, 0.4) is 0 Å². The van der Waals surface area contributed by atoms with Crippen molar-refractivity contribution in [3.05, 3.63) is 35.2 Å². The van der Waals surface area contributed by atoms with Gasteiger partial charge >= 0.3 is 6.09 Å². The van der Waals surface area contributed by atoms with Crippen LogP contribution < -0.4 is 10.6 Å². The lowest BCUT2D eigenvalue weighted by atomic mass is 10.0. The van der Waals surface area contributed by atoms with Crippen LogP contribution in [-0.2, 0) is 9.53 Å². The van der Waals surface area contributed by atoms with Crippen LogP contribution in [0.2, 0.25) is 0 Å². The average molecular weight is 449 g/mol. The van der Waals surface area contributed by atoms with Gasteiger partial charge in [-0.3, -0.25) is 4.79 Å². The van der Waals surface area contributed by atoms with Gasteiger partial charge in [-0.15, -0.1) is 10.2 Å². The van der Waals surface area contributed by atoms with Gasteiger partial charge in [0.15, 0.2) is 0 Å². The Morgan fingerprint density at radius 3 is 2.55 bits per heavy atom. The lowest BCUT2D eigenvalue weighted by Crippen LogP contribution is -2.35. The molecule has 31 heavy (non-hydrogen) atoms. The van der Waals surface area contributed by atoms with E-state index in [4.69, 9.17) is 9.15 Å². The Morgan fingerprint density at radius 1 is 1.19 bits per heavy atom. The number of nitrogens with zero attached hydrogens (tertiary/aromatic N) is 2. The van der Waals surface area contributed by atoms with E-state index in [1.807, 2.05) is 45.9 Å². The molecule has 0 saturated heterocycles. The first-order valence-electron chi connectivity index (χ1n) is 10.3. The second kappa shape index (κ2) is 10.7. The predicted molar refractivity (Wildman–Crippen MR) is 121 cm³/mol. The molecule has 0 aliphatic heterocycles. The van der Waals surface area contributed by atoms with Gasteiger partial charge in [0.2, 0.25) is 11.8 Å². The summed E-state index contributed by atoms with van der Waals surface area (Å²) in [5.41, 5.74) is 2.25. The normalized spacial score (nSPS) is 12.5. The summed E-state index contributed by atoms with van der Waals surface area (Å²) in [6.07, 6.45) is 0.0667. The van der Waals surface area contributed by atoms with E-state index in [1.54, 1.807) is 20.8 Å². The first-order chi connectivity index (χ1) is 14.4. The van der Waals surface area contributed by atoms with Crippen LogP contribution in [0.25, 0.3) is 0 Å². The number of ether oxygens (including phenoxy) is 1. The highest BCUT2D eigenvalue weighted by Gasteiger charge is 2.25. The lowest BCUT2D eigenvalue weighted by molar-refractivity contribution is -0.113. The molecule has 2 rings (SSSR count). The Balaban J connectivity index is 1.98. The van der Waals surface area contributed by atoms with Crippen molar-refractivity contribution < 1.29 is 18.7 Å². The molecule has 0 bridgehead atoms. The van der Waals surface area contributed by atoms with Gasteiger partial charge in [-0.05, 0) is 64.2 Å². The molecule has 1 heterocycles. The maximum absolute atomic E-state index is 12.3. The van der Waals surface area contributed by atoms with Crippen molar-refractivity contribution in [2.45, 2.75) is 71.8 Å². The van der Waals surface area contributed by atoms with Crippen LogP contribution >= 0.6 is 11.8 Å². The summed E-state index contributed by atoms with van der Waals surface area (Å²) in [5.74, 6) is 0.538. The fourth-order valence-electron chi connectivity index (χ4n) is 2.75. The number of anilines is 1. The molecule has 0 radical (unpaired) electrons. The Morgan fingerprint density at radius 2 is 1.90 bits per heavy atom. The Labute approximate surface area is 187 Å². The minimum Gasteiger partial charge on any atom is -0.444 e. The molecule has 0 unspecified atom stereocenters. The predicted octanol–water partition coefficient (Wildman–Crippen LogP) is 5.03.